The highest BCUT2D eigenvalue weighted by Gasteiger charge is 2.39. The molecule has 1 N–H and O–H groups in total. The van der Waals surface area contributed by atoms with E-state index in [9.17, 15) is 35.5 Å². The van der Waals surface area contributed by atoms with Crippen LogP contribution in [0.3, 0.4) is 0 Å². The lowest BCUT2D eigenvalue weighted by Gasteiger charge is -2.32. The Hall–Kier alpha value is -2.89. The van der Waals surface area contributed by atoms with Crippen LogP contribution >= 0.6 is 0 Å². The van der Waals surface area contributed by atoms with Crippen LogP contribution in [-0.2, 0) is 12.4 Å². The highest BCUT2D eigenvalue weighted by atomic mass is 19.4. The Labute approximate surface area is 178 Å². The molecule has 5 nitrogen and oxygen atoms in total. The van der Waals surface area contributed by atoms with Crippen molar-refractivity contribution in [1.29, 1.82) is 0 Å². The minimum atomic E-state index is -5.03. The largest absolute Gasteiger partial charge is 0.416 e. The molecule has 0 spiro atoms. The number of amides is 2. The third kappa shape index (κ3) is 4.95. The minimum Gasteiger partial charge on any atom is -0.322 e. The number of nitrogens with zero attached hydrogens (tertiary/aromatic N) is 3. The van der Waals surface area contributed by atoms with Crippen molar-refractivity contribution >= 4 is 11.7 Å². The topological polar surface area (TPSA) is 48.5 Å². The molecule has 12 heteroatoms. The Morgan fingerprint density at radius 1 is 1.00 bits per heavy atom. The molecule has 2 amide bonds. The number of anilines is 1. The molecule has 0 saturated carbocycles. The number of nitrogens with one attached hydrogen (secondary N) is 1. The molecular formula is C20H19F7N4O. The Morgan fingerprint density at radius 2 is 1.59 bits per heavy atom. The lowest BCUT2D eigenvalue weighted by Crippen LogP contribution is -2.47. The number of hydrogen-bond acceptors (Lipinski definition) is 3. The van der Waals surface area contributed by atoms with Crippen LogP contribution in [0.4, 0.5) is 41.2 Å². The SMILES string of the molecule is CN(C(=O)N(C)[C@@H]1CNC[C@@H]1c1ccc(F)cn1)c1cc(C(F)(F)F)cc(C(F)(F)F)c1. The highest BCUT2D eigenvalue weighted by molar-refractivity contribution is 5.92. The molecule has 0 bridgehead atoms. The fourth-order valence-corrected chi connectivity index (χ4v) is 3.60. The third-order valence-corrected chi connectivity index (χ3v) is 5.36. The fourth-order valence-electron chi connectivity index (χ4n) is 3.60. The lowest BCUT2D eigenvalue weighted by molar-refractivity contribution is -0.143. The molecule has 1 aliphatic rings. The molecule has 0 aliphatic carbocycles. The normalized spacial score (nSPS) is 19.2. The van der Waals surface area contributed by atoms with Crippen molar-refractivity contribution < 1.29 is 35.5 Å². The van der Waals surface area contributed by atoms with E-state index in [0.29, 0.717) is 30.9 Å². The lowest BCUT2D eigenvalue weighted by atomic mass is 9.98. The van der Waals surface area contributed by atoms with Gasteiger partial charge in [0.1, 0.15) is 5.82 Å². The van der Waals surface area contributed by atoms with Crippen LogP contribution in [0.5, 0.6) is 0 Å². The zero-order valence-electron chi connectivity index (χ0n) is 16.9. The summed E-state index contributed by atoms with van der Waals surface area (Å²) in [5.74, 6) is -0.879. The van der Waals surface area contributed by atoms with E-state index in [-0.39, 0.29) is 12.0 Å². The molecule has 1 fully saturated rings. The van der Waals surface area contributed by atoms with Crippen LogP contribution in [0.2, 0.25) is 0 Å². The van der Waals surface area contributed by atoms with Gasteiger partial charge in [-0.1, -0.05) is 0 Å². The van der Waals surface area contributed by atoms with Crippen molar-refractivity contribution in [2.24, 2.45) is 0 Å². The average molecular weight is 464 g/mol. The van der Waals surface area contributed by atoms with Crippen LogP contribution in [0.1, 0.15) is 22.7 Å². The van der Waals surface area contributed by atoms with Crippen molar-refractivity contribution in [3.63, 3.8) is 0 Å². The van der Waals surface area contributed by atoms with Gasteiger partial charge in [-0.25, -0.2) is 9.18 Å². The van der Waals surface area contributed by atoms with E-state index in [1.165, 1.54) is 24.1 Å². The van der Waals surface area contributed by atoms with Crippen LogP contribution in [0, 0.1) is 5.82 Å². The second kappa shape index (κ2) is 8.57. The minimum absolute atomic E-state index is 0.00263. The van der Waals surface area contributed by atoms with Crippen LogP contribution in [-0.4, -0.2) is 49.1 Å². The highest BCUT2D eigenvalue weighted by Crippen LogP contribution is 2.38. The van der Waals surface area contributed by atoms with Crippen molar-refractivity contribution in [2.45, 2.75) is 24.3 Å². The van der Waals surface area contributed by atoms with Gasteiger partial charge in [-0.3, -0.25) is 9.88 Å². The second-order valence-corrected chi connectivity index (χ2v) is 7.45. The number of carbonyl (C=O) groups is 1. The van der Waals surface area contributed by atoms with E-state index in [1.807, 2.05) is 0 Å². The van der Waals surface area contributed by atoms with Gasteiger partial charge >= 0.3 is 18.4 Å². The van der Waals surface area contributed by atoms with E-state index in [1.54, 1.807) is 0 Å². The van der Waals surface area contributed by atoms with Gasteiger partial charge in [-0.05, 0) is 30.3 Å². The van der Waals surface area contributed by atoms with Crippen LogP contribution in [0.15, 0.2) is 36.5 Å². The van der Waals surface area contributed by atoms with Gasteiger partial charge in [0, 0.05) is 44.5 Å². The summed E-state index contributed by atoms with van der Waals surface area (Å²) >= 11 is 0. The van der Waals surface area contributed by atoms with Gasteiger partial charge in [0.25, 0.3) is 0 Å². The zero-order valence-corrected chi connectivity index (χ0v) is 16.9. The quantitative estimate of drug-likeness (QED) is 0.681. The molecule has 32 heavy (non-hydrogen) atoms. The molecule has 0 unspecified atom stereocenters. The summed E-state index contributed by atoms with van der Waals surface area (Å²) in [7, 11) is 2.49. The number of hydrogen-bond donors (Lipinski definition) is 1. The van der Waals surface area contributed by atoms with Gasteiger partial charge in [-0.2, -0.15) is 26.3 Å². The summed E-state index contributed by atoms with van der Waals surface area (Å²) in [6.45, 7) is 0.725. The van der Waals surface area contributed by atoms with Crippen molar-refractivity contribution in [1.82, 2.24) is 15.2 Å². The smallest absolute Gasteiger partial charge is 0.322 e. The van der Waals surface area contributed by atoms with Crippen molar-refractivity contribution in [2.75, 3.05) is 32.1 Å². The van der Waals surface area contributed by atoms with E-state index in [0.717, 1.165) is 18.1 Å². The third-order valence-electron chi connectivity index (χ3n) is 5.36. The van der Waals surface area contributed by atoms with Crippen LogP contribution < -0.4 is 10.2 Å². The van der Waals surface area contributed by atoms with Crippen molar-refractivity contribution in [3.8, 4) is 0 Å². The molecule has 2 aromatic rings. The Kier molecular flexibility index (Phi) is 6.36. The molecule has 2 heterocycles. The van der Waals surface area contributed by atoms with Gasteiger partial charge in [0.05, 0.1) is 23.4 Å². The summed E-state index contributed by atoms with van der Waals surface area (Å²) < 4.78 is 92.1. The zero-order chi connectivity index (χ0) is 23.8. The van der Waals surface area contributed by atoms with Gasteiger partial charge in [0.2, 0.25) is 0 Å². The number of carbonyl (C=O) groups excluding carboxylic acids is 1. The first-order valence-corrected chi connectivity index (χ1v) is 9.41. The average Bonchev–Trinajstić information content (AvgIpc) is 3.21. The molecule has 0 radical (unpaired) electrons. The fraction of sp³-hybridized carbons (Fsp3) is 0.400. The van der Waals surface area contributed by atoms with Gasteiger partial charge in [-0.15, -0.1) is 0 Å². The number of pyridine rings is 1. The van der Waals surface area contributed by atoms with Gasteiger partial charge in [0.15, 0.2) is 0 Å². The van der Waals surface area contributed by atoms with E-state index in [2.05, 4.69) is 10.3 Å². The maximum Gasteiger partial charge on any atom is 0.416 e. The summed E-state index contributed by atoms with van der Waals surface area (Å²) in [5.41, 5.74) is -3.07. The number of likely N-dealkylation sites (N-methyl/N-ethyl adjacent to an activating group) is 1. The number of alkyl halides is 6. The number of benzene rings is 1. The standard InChI is InChI=1S/C20H19F7N4O/c1-30(14-6-11(19(22,23)24)5-12(7-14)20(25,26)27)18(32)31(2)17-10-28-9-15(17)16-4-3-13(21)8-29-16/h3-8,15,17,28H,9-10H2,1-2H3/t15-,17-/m1/s1. The first-order valence-electron chi connectivity index (χ1n) is 9.41. The molecule has 3 rings (SSSR count). The predicted octanol–water partition coefficient (Wildman–Crippen LogP) is 4.50. The number of urea groups is 1. The molecule has 1 aromatic carbocycles. The van der Waals surface area contributed by atoms with Gasteiger partial charge < -0.3 is 10.2 Å². The Morgan fingerprint density at radius 3 is 2.09 bits per heavy atom. The second-order valence-electron chi connectivity index (χ2n) is 7.45. The number of aromatic nitrogens is 1. The Bertz CT molecular complexity index is 943. The predicted molar refractivity (Wildman–Crippen MR) is 102 cm³/mol. The monoisotopic (exact) mass is 464 g/mol. The molecule has 2 atom stereocenters. The summed E-state index contributed by atoms with van der Waals surface area (Å²) in [6, 6.07) is 2.36. The first-order chi connectivity index (χ1) is 14.8. The number of rotatable bonds is 3. The molecule has 174 valence electrons. The van der Waals surface area contributed by atoms with Crippen LogP contribution in [0.25, 0.3) is 0 Å². The number of halogens is 7. The molecule has 1 aromatic heterocycles. The summed E-state index contributed by atoms with van der Waals surface area (Å²) in [5, 5.41) is 3.06. The molecule has 1 aliphatic heterocycles. The maximum absolute atomic E-state index is 13.2. The maximum atomic E-state index is 13.2. The van der Waals surface area contributed by atoms with E-state index < -0.39 is 47.1 Å². The summed E-state index contributed by atoms with van der Waals surface area (Å²) in [4.78, 5) is 18.9. The molecule has 1 saturated heterocycles. The molecular weight excluding hydrogens is 445 g/mol. The first kappa shape index (κ1) is 23.8. The van der Waals surface area contributed by atoms with E-state index in [4.69, 9.17) is 0 Å². The Balaban J connectivity index is 1.89. The summed E-state index contributed by atoms with van der Waals surface area (Å²) in [6.07, 6.45) is -9.03. The van der Waals surface area contributed by atoms with Crippen molar-refractivity contribution in [3.05, 3.63) is 59.2 Å². The van der Waals surface area contributed by atoms with E-state index >= 15 is 0 Å².